The molecule has 1 aliphatic rings. The summed E-state index contributed by atoms with van der Waals surface area (Å²) in [5.74, 6) is 0. The normalized spacial score (nSPS) is 21.6. The third-order valence-corrected chi connectivity index (χ3v) is 4.05. The molecule has 1 fully saturated rings. The van der Waals surface area contributed by atoms with E-state index in [4.69, 9.17) is 10.5 Å². The van der Waals surface area contributed by atoms with Gasteiger partial charge in [0.25, 0.3) is 0 Å². The Morgan fingerprint density at radius 2 is 1.96 bits per heavy atom. The van der Waals surface area contributed by atoms with Crippen molar-refractivity contribution in [2.45, 2.75) is 71.1 Å². The van der Waals surface area contributed by atoms with Crippen molar-refractivity contribution in [2.24, 2.45) is 0 Å². The summed E-state index contributed by atoms with van der Waals surface area (Å²) in [6.45, 7) is 7.67. The van der Waals surface area contributed by atoms with Crippen LogP contribution in [0.3, 0.4) is 0 Å². The summed E-state index contributed by atoms with van der Waals surface area (Å²) in [5.41, 5.74) is 8.53. The van der Waals surface area contributed by atoms with E-state index in [1.807, 2.05) is 32.9 Å². The van der Waals surface area contributed by atoms with Crippen LogP contribution in [0.2, 0.25) is 0 Å². The molecule has 0 saturated heterocycles. The number of carbonyl (C=O) groups is 1. The molecule has 0 radical (unpaired) electrons. The number of amides is 1. The molecule has 0 heterocycles. The summed E-state index contributed by atoms with van der Waals surface area (Å²) in [6.07, 6.45) is 3.69. The highest BCUT2D eigenvalue weighted by Crippen LogP contribution is 2.28. The zero-order chi connectivity index (χ0) is 17.0. The van der Waals surface area contributed by atoms with Gasteiger partial charge in [-0.25, -0.2) is 4.79 Å². The van der Waals surface area contributed by atoms with Crippen molar-refractivity contribution >= 4 is 17.5 Å². The summed E-state index contributed by atoms with van der Waals surface area (Å²) >= 11 is 0. The van der Waals surface area contributed by atoms with Gasteiger partial charge in [0.15, 0.2) is 0 Å². The fourth-order valence-electron chi connectivity index (χ4n) is 3.02. The molecule has 1 aromatic rings. The largest absolute Gasteiger partial charge is 0.444 e. The maximum Gasteiger partial charge on any atom is 0.407 e. The van der Waals surface area contributed by atoms with E-state index in [2.05, 4.69) is 23.6 Å². The molecule has 0 unspecified atom stereocenters. The van der Waals surface area contributed by atoms with Crippen molar-refractivity contribution in [3.63, 3.8) is 0 Å². The van der Waals surface area contributed by atoms with Gasteiger partial charge in [0, 0.05) is 12.1 Å². The summed E-state index contributed by atoms with van der Waals surface area (Å²) < 4.78 is 5.34. The van der Waals surface area contributed by atoms with E-state index < -0.39 is 5.60 Å². The Labute approximate surface area is 139 Å². The van der Waals surface area contributed by atoms with Crippen LogP contribution in [0.15, 0.2) is 18.2 Å². The van der Waals surface area contributed by atoms with E-state index in [-0.39, 0.29) is 12.1 Å². The zero-order valence-corrected chi connectivity index (χ0v) is 14.6. The molecule has 4 N–H and O–H groups in total. The fraction of sp³-hybridized carbons (Fsp3) is 0.611. The lowest BCUT2D eigenvalue weighted by atomic mass is 9.90. The van der Waals surface area contributed by atoms with Gasteiger partial charge in [0.1, 0.15) is 5.60 Å². The third-order valence-electron chi connectivity index (χ3n) is 4.05. The Kier molecular flexibility index (Phi) is 5.39. The summed E-state index contributed by atoms with van der Waals surface area (Å²) in [7, 11) is 0. The number of rotatable bonds is 3. The number of nitrogen functional groups attached to an aromatic ring is 1. The molecule has 1 aromatic carbocycles. The van der Waals surface area contributed by atoms with E-state index in [9.17, 15) is 4.79 Å². The second-order valence-corrected chi connectivity index (χ2v) is 7.39. The van der Waals surface area contributed by atoms with Gasteiger partial charge in [0.2, 0.25) is 0 Å². The molecule has 1 aliphatic carbocycles. The highest BCUT2D eigenvalue weighted by Gasteiger charge is 2.26. The van der Waals surface area contributed by atoms with Gasteiger partial charge in [0.05, 0.1) is 11.4 Å². The number of nitrogens with one attached hydrogen (secondary N) is 2. The third kappa shape index (κ3) is 5.34. The van der Waals surface area contributed by atoms with Crippen LogP contribution in [-0.2, 0) is 4.74 Å². The molecule has 5 heteroatoms. The van der Waals surface area contributed by atoms with Crippen molar-refractivity contribution in [3.8, 4) is 0 Å². The molecule has 2 atom stereocenters. The quantitative estimate of drug-likeness (QED) is 0.740. The standard InChI is InChI=1S/C18H29N3O2/c1-12-7-5-10-15(19)16(12)20-13-8-6-9-14(11-13)21-17(22)23-18(2,3)4/h5,7,10,13-14,20H,6,8-9,11,19H2,1-4H3,(H,21,22)/t13-,14-/m0/s1. The lowest BCUT2D eigenvalue weighted by Crippen LogP contribution is -2.44. The number of anilines is 2. The Hall–Kier alpha value is -1.91. The smallest absolute Gasteiger partial charge is 0.407 e. The van der Waals surface area contributed by atoms with Gasteiger partial charge in [-0.3, -0.25) is 0 Å². The molecule has 0 bridgehead atoms. The van der Waals surface area contributed by atoms with Gasteiger partial charge >= 0.3 is 6.09 Å². The van der Waals surface area contributed by atoms with Crippen molar-refractivity contribution in [1.29, 1.82) is 0 Å². The number of benzene rings is 1. The second kappa shape index (κ2) is 7.11. The average Bonchev–Trinajstić information content (AvgIpc) is 2.41. The van der Waals surface area contributed by atoms with E-state index in [1.165, 1.54) is 0 Å². The minimum absolute atomic E-state index is 0.140. The predicted octanol–water partition coefficient (Wildman–Crippen LogP) is 3.83. The first-order chi connectivity index (χ1) is 10.7. The fourth-order valence-corrected chi connectivity index (χ4v) is 3.02. The minimum Gasteiger partial charge on any atom is -0.444 e. The van der Waals surface area contributed by atoms with Crippen LogP contribution < -0.4 is 16.4 Å². The summed E-state index contributed by atoms with van der Waals surface area (Å²) in [4.78, 5) is 11.9. The molecule has 128 valence electrons. The zero-order valence-electron chi connectivity index (χ0n) is 14.6. The number of alkyl carbamates (subject to hydrolysis) is 1. The van der Waals surface area contributed by atoms with E-state index in [0.717, 1.165) is 42.6 Å². The summed E-state index contributed by atoms with van der Waals surface area (Å²) in [5, 5.41) is 6.54. The first-order valence-corrected chi connectivity index (χ1v) is 8.36. The van der Waals surface area contributed by atoms with Crippen molar-refractivity contribution in [2.75, 3.05) is 11.1 Å². The minimum atomic E-state index is -0.466. The molecule has 1 saturated carbocycles. The second-order valence-electron chi connectivity index (χ2n) is 7.39. The number of ether oxygens (including phenoxy) is 1. The monoisotopic (exact) mass is 319 g/mol. The van der Waals surface area contributed by atoms with Crippen LogP contribution in [-0.4, -0.2) is 23.8 Å². The number of nitrogens with two attached hydrogens (primary N) is 1. The highest BCUT2D eigenvalue weighted by molar-refractivity contribution is 5.70. The van der Waals surface area contributed by atoms with Crippen molar-refractivity contribution in [1.82, 2.24) is 5.32 Å². The molecular weight excluding hydrogens is 290 g/mol. The topological polar surface area (TPSA) is 76.4 Å². The van der Waals surface area contributed by atoms with Crippen LogP contribution in [0.1, 0.15) is 52.0 Å². The first kappa shape index (κ1) is 17.4. The number of para-hydroxylation sites is 1. The maximum atomic E-state index is 11.9. The lowest BCUT2D eigenvalue weighted by Gasteiger charge is -2.32. The molecule has 0 spiro atoms. The van der Waals surface area contributed by atoms with Gasteiger partial charge in [-0.15, -0.1) is 0 Å². The molecule has 1 amide bonds. The molecular formula is C18H29N3O2. The predicted molar refractivity (Wildman–Crippen MR) is 94.6 cm³/mol. The van der Waals surface area contributed by atoms with E-state index >= 15 is 0 Å². The number of hydrogen-bond donors (Lipinski definition) is 3. The van der Waals surface area contributed by atoms with Crippen LogP contribution in [0.4, 0.5) is 16.2 Å². The Morgan fingerprint density at radius 3 is 2.61 bits per heavy atom. The first-order valence-electron chi connectivity index (χ1n) is 8.36. The van der Waals surface area contributed by atoms with Crippen molar-refractivity contribution in [3.05, 3.63) is 23.8 Å². The number of carbonyl (C=O) groups excluding carboxylic acids is 1. The molecule has 2 rings (SSSR count). The van der Waals surface area contributed by atoms with Gasteiger partial charge in [-0.05, 0) is 65.0 Å². The Morgan fingerprint density at radius 1 is 1.26 bits per heavy atom. The molecule has 0 aromatic heterocycles. The maximum absolute atomic E-state index is 11.9. The van der Waals surface area contributed by atoms with Crippen LogP contribution in [0, 0.1) is 6.92 Å². The van der Waals surface area contributed by atoms with Gasteiger partial charge < -0.3 is 21.1 Å². The van der Waals surface area contributed by atoms with Crippen LogP contribution in [0.25, 0.3) is 0 Å². The summed E-state index contributed by atoms with van der Waals surface area (Å²) in [6, 6.07) is 6.38. The Bertz CT molecular complexity index is 531. The average molecular weight is 319 g/mol. The number of hydrogen-bond acceptors (Lipinski definition) is 4. The van der Waals surface area contributed by atoms with E-state index in [1.54, 1.807) is 0 Å². The highest BCUT2D eigenvalue weighted by atomic mass is 16.6. The lowest BCUT2D eigenvalue weighted by molar-refractivity contribution is 0.0492. The number of aryl methyl sites for hydroxylation is 1. The van der Waals surface area contributed by atoms with E-state index in [0.29, 0.717) is 6.04 Å². The SMILES string of the molecule is Cc1cccc(N)c1N[C@H]1CCC[C@H](NC(=O)OC(C)(C)C)C1. The molecule has 23 heavy (non-hydrogen) atoms. The van der Waals surface area contributed by atoms with Crippen molar-refractivity contribution < 1.29 is 9.53 Å². The van der Waals surface area contributed by atoms with Crippen LogP contribution in [0.5, 0.6) is 0 Å². The molecule has 0 aliphatic heterocycles. The van der Waals surface area contributed by atoms with Crippen LogP contribution >= 0.6 is 0 Å². The molecule has 5 nitrogen and oxygen atoms in total. The van der Waals surface area contributed by atoms with Gasteiger partial charge in [-0.1, -0.05) is 12.1 Å². The Balaban J connectivity index is 1.92. The van der Waals surface area contributed by atoms with Gasteiger partial charge in [-0.2, -0.15) is 0 Å².